The Hall–Kier alpha value is -2.18. The van der Waals surface area contributed by atoms with Gasteiger partial charge < -0.3 is 24.8 Å². The van der Waals surface area contributed by atoms with E-state index in [0.717, 1.165) is 0 Å². The summed E-state index contributed by atoms with van der Waals surface area (Å²) < 4.78 is 0. The summed E-state index contributed by atoms with van der Waals surface area (Å²) in [4.78, 5) is 0. The maximum absolute atomic E-state index is 2.26. The third-order valence-electron chi connectivity index (χ3n) is 5.74. The van der Waals surface area contributed by atoms with E-state index in [-0.39, 0.29) is 51.0 Å². The summed E-state index contributed by atoms with van der Waals surface area (Å²) >= 11 is 0. The van der Waals surface area contributed by atoms with Crippen LogP contribution in [0.3, 0.4) is 0 Å². The van der Waals surface area contributed by atoms with E-state index in [0.29, 0.717) is 0 Å². The zero-order valence-electron chi connectivity index (χ0n) is 18.6. The van der Waals surface area contributed by atoms with Crippen LogP contribution in [0.2, 0.25) is 0 Å². The first-order chi connectivity index (χ1) is 14.7. The maximum atomic E-state index is 2.26. The largest absolute Gasteiger partial charge is 4.00 e. The molecular weight excluding hydrogens is 522 g/mol. The molecule has 0 saturated carbocycles. The predicted octanol–water partition coefficient (Wildman–Crippen LogP) is 2.56. The SMILES string of the molecule is Cc1cc2c(-c3ccccc3)cccc2[cH-]1.Cc1cc2c(ccc3ccccc32)[cH-]1.[Cl-].[Cl-].[Zr+4]. The second kappa shape index (κ2) is 11.8. The summed E-state index contributed by atoms with van der Waals surface area (Å²) in [7, 11) is 0. The fourth-order valence-corrected chi connectivity index (χ4v) is 4.37. The normalized spacial score (nSPS) is 10.0. The Morgan fingerprint density at radius 3 is 1.85 bits per heavy atom. The Labute approximate surface area is 227 Å². The van der Waals surface area contributed by atoms with Crippen LogP contribution in [-0.2, 0) is 26.2 Å². The van der Waals surface area contributed by atoms with E-state index in [1.807, 2.05) is 0 Å². The van der Waals surface area contributed by atoms with Crippen LogP contribution in [0.1, 0.15) is 11.1 Å². The van der Waals surface area contributed by atoms with Crippen molar-refractivity contribution in [1.82, 2.24) is 0 Å². The van der Waals surface area contributed by atoms with Gasteiger partial charge >= 0.3 is 26.2 Å². The molecule has 0 aliphatic heterocycles. The monoisotopic (exact) mass is 544 g/mol. The van der Waals surface area contributed by atoms with E-state index < -0.39 is 0 Å². The molecule has 0 amide bonds. The van der Waals surface area contributed by atoms with Gasteiger partial charge in [0.15, 0.2) is 0 Å². The van der Waals surface area contributed by atoms with Crippen molar-refractivity contribution in [1.29, 1.82) is 0 Å². The number of benzene rings is 4. The second-order valence-corrected chi connectivity index (χ2v) is 8.03. The molecule has 0 spiro atoms. The zero-order valence-corrected chi connectivity index (χ0v) is 22.6. The molecule has 0 saturated heterocycles. The van der Waals surface area contributed by atoms with Crippen LogP contribution in [0.4, 0.5) is 0 Å². The molecule has 0 bridgehead atoms. The van der Waals surface area contributed by atoms with Crippen molar-refractivity contribution in [3.8, 4) is 11.1 Å². The summed E-state index contributed by atoms with van der Waals surface area (Å²) in [5.74, 6) is 0. The average Bonchev–Trinajstić information content (AvgIpc) is 3.35. The molecule has 0 N–H and O–H groups in total. The van der Waals surface area contributed by atoms with Crippen LogP contribution in [0.5, 0.6) is 0 Å². The Balaban J connectivity index is 0.000000215. The number of halogens is 2. The van der Waals surface area contributed by atoms with Crippen molar-refractivity contribution in [2.24, 2.45) is 0 Å². The van der Waals surface area contributed by atoms with E-state index in [9.17, 15) is 0 Å². The van der Waals surface area contributed by atoms with Crippen molar-refractivity contribution in [2.75, 3.05) is 0 Å². The van der Waals surface area contributed by atoms with Gasteiger partial charge in [0.2, 0.25) is 0 Å². The molecule has 0 heterocycles. The van der Waals surface area contributed by atoms with E-state index in [1.54, 1.807) is 0 Å². The minimum atomic E-state index is 0. The first kappa shape index (κ1) is 27.1. The van der Waals surface area contributed by atoms with Gasteiger partial charge in [0.25, 0.3) is 0 Å². The topological polar surface area (TPSA) is 0 Å². The van der Waals surface area contributed by atoms with Crippen molar-refractivity contribution in [3.63, 3.8) is 0 Å². The van der Waals surface area contributed by atoms with Crippen molar-refractivity contribution in [3.05, 3.63) is 120 Å². The number of hydrogen-bond donors (Lipinski definition) is 0. The number of aryl methyl sites for hydroxylation is 2. The van der Waals surface area contributed by atoms with Crippen LogP contribution >= 0.6 is 0 Å². The number of rotatable bonds is 1. The third kappa shape index (κ3) is 5.67. The molecule has 0 aromatic heterocycles. The van der Waals surface area contributed by atoms with Crippen molar-refractivity contribution >= 4 is 32.3 Å². The Morgan fingerprint density at radius 1 is 0.515 bits per heavy atom. The van der Waals surface area contributed by atoms with Crippen molar-refractivity contribution in [2.45, 2.75) is 13.8 Å². The summed E-state index contributed by atoms with van der Waals surface area (Å²) in [6.45, 7) is 4.30. The Morgan fingerprint density at radius 2 is 1.12 bits per heavy atom. The van der Waals surface area contributed by atoms with Gasteiger partial charge in [-0.3, -0.25) is 0 Å². The van der Waals surface area contributed by atoms with Gasteiger partial charge in [-0.25, -0.2) is 0 Å². The average molecular weight is 547 g/mol. The number of hydrogen-bond acceptors (Lipinski definition) is 0. The molecule has 0 nitrogen and oxygen atoms in total. The van der Waals surface area contributed by atoms with E-state index >= 15 is 0 Å². The summed E-state index contributed by atoms with van der Waals surface area (Å²) in [5, 5.41) is 8.09. The van der Waals surface area contributed by atoms with Gasteiger partial charge in [-0.15, -0.1) is 63.0 Å². The number of fused-ring (bicyclic) bond motifs is 4. The smallest absolute Gasteiger partial charge is 1.00 e. The van der Waals surface area contributed by atoms with E-state index in [1.165, 1.54) is 54.6 Å². The molecule has 0 unspecified atom stereocenters. The first-order valence-electron chi connectivity index (χ1n) is 10.5. The Bertz CT molecular complexity index is 1460. The molecule has 6 aromatic rings. The van der Waals surface area contributed by atoms with Gasteiger partial charge in [-0.05, 0) is 10.9 Å². The fraction of sp³-hybridized carbons (Fsp3) is 0.0667. The fourth-order valence-electron chi connectivity index (χ4n) is 4.37. The maximum Gasteiger partial charge on any atom is 4.00 e. The van der Waals surface area contributed by atoms with Crippen LogP contribution in [-0.4, -0.2) is 0 Å². The van der Waals surface area contributed by atoms with Crippen LogP contribution in [0.25, 0.3) is 43.4 Å². The molecule has 6 aromatic carbocycles. The van der Waals surface area contributed by atoms with Crippen LogP contribution in [0.15, 0.2) is 109 Å². The van der Waals surface area contributed by atoms with E-state index in [2.05, 4.69) is 123 Å². The predicted molar refractivity (Wildman–Crippen MR) is 131 cm³/mol. The summed E-state index contributed by atoms with van der Waals surface area (Å²) in [5.41, 5.74) is 5.29. The molecule has 0 aliphatic rings. The molecule has 0 radical (unpaired) electrons. The molecule has 33 heavy (non-hydrogen) atoms. The minimum absolute atomic E-state index is 0. The second-order valence-electron chi connectivity index (χ2n) is 8.03. The molecule has 0 aliphatic carbocycles. The van der Waals surface area contributed by atoms with Gasteiger partial charge in [-0.1, -0.05) is 91.5 Å². The molecule has 3 heteroatoms. The minimum Gasteiger partial charge on any atom is -1.00 e. The zero-order chi connectivity index (χ0) is 20.5. The molecule has 162 valence electrons. The summed E-state index contributed by atoms with van der Waals surface area (Å²) in [6, 6.07) is 39.0. The molecule has 6 rings (SSSR count). The summed E-state index contributed by atoms with van der Waals surface area (Å²) in [6.07, 6.45) is 0. The standard InChI is InChI=1S/C16H13.C14H11.2ClH.Zr/c1-12-10-14-8-5-9-15(16(14)11-12)13-6-3-2-4-7-13;1-10-8-12-7-6-11-4-2-3-5-13(11)14(12)9-10;;;/h2-11H,1H3;2-9H,1H3;2*1H;/q2*-1;;;+4/p-2. The van der Waals surface area contributed by atoms with E-state index in [4.69, 9.17) is 0 Å². The molecule has 0 atom stereocenters. The quantitative estimate of drug-likeness (QED) is 0.278. The van der Waals surface area contributed by atoms with Crippen LogP contribution < -0.4 is 24.8 Å². The van der Waals surface area contributed by atoms with Gasteiger partial charge in [0.05, 0.1) is 0 Å². The first-order valence-corrected chi connectivity index (χ1v) is 10.5. The third-order valence-corrected chi connectivity index (χ3v) is 5.74. The molecule has 0 fully saturated rings. The van der Waals surface area contributed by atoms with Crippen molar-refractivity contribution < 1.29 is 51.0 Å². The van der Waals surface area contributed by atoms with Gasteiger partial charge in [0, 0.05) is 0 Å². The van der Waals surface area contributed by atoms with Crippen LogP contribution in [0, 0.1) is 13.8 Å². The van der Waals surface area contributed by atoms with Gasteiger partial charge in [0.1, 0.15) is 0 Å². The molecular formula is C30H24Cl2Zr. The van der Waals surface area contributed by atoms with Gasteiger partial charge in [-0.2, -0.15) is 12.1 Å². The Kier molecular flexibility index (Phi) is 9.68.